The molecule has 152 valence electrons. The van der Waals surface area contributed by atoms with Gasteiger partial charge in [-0.3, -0.25) is 0 Å². The van der Waals surface area contributed by atoms with E-state index in [4.69, 9.17) is 37.4 Å². The van der Waals surface area contributed by atoms with Crippen molar-refractivity contribution in [2.45, 2.75) is 39.0 Å². The van der Waals surface area contributed by atoms with Crippen LogP contribution in [0, 0.1) is 5.82 Å². The van der Waals surface area contributed by atoms with Crippen molar-refractivity contribution in [3.8, 4) is 11.5 Å². The molecule has 4 nitrogen and oxygen atoms in total. The third kappa shape index (κ3) is 5.74. The van der Waals surface area contributed by atoms with Gasteiger partial charge in [0.15, 0.2) is 11.5 Å². The number of halogens is 3. The fraction of sp³-hybridized carbons (Fsp3) is 0.429. The first-order valence-corrected chi connectivity index (χ1v) is 10.2. The largest absolute Gasteiger partial charge is 0.490 e. The van der Waals surface area contributed by atoms with Crippen LogP contribution in [-0.2, 0) is 17.9 Å². The highest BCUT2D eigenvalue weighted by molar-refractivity contribution is 6.32. The molecule has 3 rings (SSSR count). The molecule has 0 unspecified atom stereocenters. The van der Waals surface area contributed by atoms with Crippen LogP contribution < -0.4 is 14.8 Å². The molecule has 1 atom stereocenters. The Bertz CT molecular complexity index is 797. The second-order valence-electron chi connectivity index (χ2n) is 6.63. The van der Waals surface area contributed by atoms with Crippen molar-refractivity contribution < 1.29 is 18.6 Å². The summed E-state index contributed by atoms with van der Waals surface area (Å²) in [7, 11) is 0. The predicted molar refractivity (Wildman–Crippen MR) is 109 cm³/mol. The Labute approximate surface area is 174 Å². The van der Waals surface area contributed by atoms with Crippen molar-refractivity contribution in [2.24, 2.45) is 0 Å². The van der Waals surface area contributed by atoms with E-state index in [1.165, 1.54) is 12.1 Å². The second kappa shape index (κ2) is 10.3. The lowest BCUT2D eigenvalue weighted by Crippen LogP contribution is -2.25. The molecule has 0 bridgehead atoms. The van der Waals surface area contributed by atoms with Crippen molar-refractivity contribution in [3.63, 3.8) is 0 Å². The summed E-state index contributed by atoms with van der Waals surface area (Å²) in [6.45, 7) is 4.85. The van der Waals surface area contributed by atoms with Crippen LogP contribution in [0.15, 0.2) is 30.3 Å². The quantitative estimate of drug-likeness (QED) is 0.582. The molecule has 0 amide bonds. The van der Waals surface area contributed by atoms with Crippen LogP contribution in [0.1, 0.15) is 30.9 Å². The van der Waals surface area contributed by atoms with Gasteiger partial charge in [0.1, 0.15) is 12.4 Å². The molecule has 0 spiro atoms. The molecule has 0 radical (unpaired) electrons. The Morgan fingerprint density at radius 1 is 1.18 bits per heavy atom. The Morgan fingerprint density at radius 3 is 2.75 bits per heavy atom. The van der Waals surface area contributed by atoms with Gasteiger partial charge in [-0.05, 0) is 49.6 Å². The highest BCUT2D eigenvalue weighted by Gasteiger charge is 2.16. The normalized spacial score (nSPS) is 16.4. The number of hydrogen-bond acceptors (Lipinski definition) is 4. The van der Waals surface area contributed by atoms with Crippen LogP contribution in [0.5, 0.6) is 11.5 Å². The molecule has 1 aliphatic rings. The lowest BCUT2D eigenvalue weighted by atomic mass is 10.2. The molecule has 0 saturated carbocycles. The van der Waals surface area contributed by atoms with Gasteiger partial charge in [0.25, 0.3) is 0 Å². The van der Waals surface area contributed by atoms with Crippen molar-refractivity contribution in [1.29, 1.82) is 0 Å². The van der Waals surface area contributed by atoms with Gasteiger partial charge in [-0.25, -0.2) is 4.39 Å². The van der Waals surface area contributed by atoms with Gasteiger partial charge in [0, 0.05) is 25.3 Å². The number of benzene rings is 2. The number of hydrogen-bond donors (Lipinski definition) is 1. The molecule has 0 aromatic heterocycles. The van der Waals surface area contributed by atoms with Crippen molar-refractivity contribution in [1.82, 2.24) is 5.32 Å². The third-order valence-corrected chi connectivity index (χ3v) is 5.11. The summed E-state index contributed by atoms with van der Waals surface area (Å²) < 4.78 is 30.4. The average Bonchev–Trinajstić information content (AvgIpc) is 3.16. The third-order valence-electron chi connectivity index (χ3n) is 4.48. The highest BCUT2D eigenvalue weighted by atomic mass is 35.5. The van der Waals surface area contributed by atoms with Crippen LogP contribution in [0.4, 0.5) is 4.39 Å². The zero-order valence-corrected chi connectivity index (χ0v) is 17.3. The maximum absolute atomic E-state index is 13.2. The van der Waals surface area contributed by atoms with E-state index in [9.17, 15) is 4.39 Å². The van der Waals surface area contributed by atoms with Gasteiger partial charge in [-0.15, -0.1) is 0 Å². The Balaban J connectivity index is 1.67. The zero-order valence-electron chi connectivity index (χ0n) is 15.8. The molecule has 2 aromatic rings. The van der Waals surface area contributed by atoms with Crippen LogP contribution in [0.25, 0.3) is 0 Å². The van der Waals surface area contributed by atoms with Gasteiger partial charge in [-0.2, -0.15) is 0 Å². The van der Waals surface area contributed by atoms with Gasteiger partial charge in [0.05, 0.1) is 22.8 Å². The lowest BCUT2D eigenvalue weighted by Gasteiger charge is -2.16. The van der Waals surface area contributed by atoms with Crippen molar-refractivity contribution >= 4 is 23.2 Å². The monoisotopic (exact) mass is 427 g/mol. The molecular weight excluding hydrogens is 404 g/mol. The van der Waals surface area contributed by atoms with E-state index in [1.54, 1.807) is 6.07 Å². The molecule has 28 heavy (non-hydrogen) atoms. The first-order valence-electron chi connectivity index (χ1n) is 9.41. The summed E-state index contributed by atoms with van der Waals surface area (Å²) in [6, 6.07) is 7.97. The molecule has 1 aliphatic heterocycles. The predicted octanol–water partition coefficient (Wildman–Crippen LogP) is 5.38. The molecule has 1 saturated heterocycles. The van der Waals surface area contributed by atoms with E-state index in [2.05, 4.69) is 5.32 Å². The van der Waals surface area contributed by atoms with E-state index >= 15 is 0 Å². The smallest absolute Gasteiger partial charge is 0.180 e. The molecule has 2 aromatic carbocycles. The SMILES string of the molecule is CCOc1cc(CNC[C@@H]2CCCO2)cc(Cl)c1OCc1ccc(F)cc1Cl. The van der Waals surface area contributed by atoms with E-state index in [0.717, 1.165) is 31.6 Å². The zero-order chi connectivity index (χ0) is 19.9. The van der Waals surface area contributed by atoms with E-state index in [1.807, 2.05) is 19.1 Å². The molecule has 0 aliphatic carbocycles. The minimum atomic E-state index is -0.387. The Morgan fingerprint density at radius 2 is 2.04 bits per heavy atom. The maximum Gasteiger partial charge on any atom is 0.180 e. The van der Waals surface area contributed by atoms with Crippen LogP contribution in [-0.4, -0.2) is 25.9 Å². The molecule has 1 N–H and O–H groups in total. The summed E-state index contributed by atoms with van der Waals surface area (Å²) in [5.41, 5.74) is 1.67. The summed E-state index contributed by atoms with van der Waals surface area (Å²) in [6.07, 6.45) is 2.50. The van der Waals surface area contributed by atoms with E-state index in [0.29, 0.717) is 40.3 Å². The Hall–Kier alpha value is -1.53. The van der Waals surface area contributed by atoms with Crippen molar-refractivity contribution in [3.05, 3.63) is 57.3 Å². The molecule has 1 fully saturated rings. The first-order chi connectivity index (χ1) is 13.6. The molecule has 7 heteroatoms. The lowest BCUT2D eigenvalue weighted by molar-refractivity contribution is 0.110. The maximum atomic E-state index is 13.2. The van der Waals surface area contributed by atoms with Gasteiger partial charge >= 0.3 is 0 Å². The number of nitrogens with one attached hydrogen (secondary N) is 1. The summed E-state index contributed by atoms with van der Waals surface area (Å²) in [5.74, 6) is 0.635. The minimum Gasteiger partial charge on any atom is -0.490 e. The van der Waals surface area contributed by atoms with Gasteiger partial charge in [0.2, 0.25) is 0 Å². The fourth-order valence-electron chi connectivity index (χ4n) is 3.10. The van der Waals surface area contributed by atoms with Gasteiger partial charge in [-0.1, -0.05) is 29.3 Å². The second-order valence-corrected chi connectivity index (χ2v) is 7.44. The van der Waals surface area contributed by atoms with E-state index < -0.39 is 0 Å². The number of ether oxygens (including phenoxy) is 3. The Kier molecular flexibility index (Phi) is 7.80. The topological polar surface area (TPSA) is 39.7 Å². The highest BCUT2D eigenvalue weighted by Crippen LogP contribution is 2.37. The number of rotatable bonds is 9. The summed E-state index contributed by atoms with van der Waals surface area (Å²) in [4.78, 5) is 0. The summed E-state index contributed by atoms with van der Waals surface area (Å²) >= 11 is 12.5. The average molecular weight is 428 g/mol. The van der Waals surface area contributed by atoms with Crippen LogP contribution >= 0.6 is 23.2 Å². The fourth-order valence-corrected chi connectivity index (χ4v) is 3.61. The molecule has 1 heterocycles. The molecular formula is C21H24Cl2FNO3. The van der Waals surface area contributed by atoms with Crippen LogP contribution in [0.3, 0.4) is 0 Å². The standard InChI is InChI=1S/C21H24Cl2FNO3/c1-2-26-20-9-14(11-25-12-17-4-3-7-27-17)8-19(23)21(20)28-13-15-5-6-16(24)10-18(15)22/h5-6,8-10,17,25H,2-4,7,11-13H2,1H3/t17-/m0/s1. The minimum absolute atomic E-state index is 0.162. The van der Waals surface area contributed by atoms with E-state index in [-0.39, 0.29) is 18.5 Å². The first kappa shape index (κ1) is 21.2. The summed E-state index contributed by atoms with van der Waals surface area (Å²) in [5, 5.41) is 4.16. The van der Waals surface area contributed by atoms with Crippen LogP contribution in [0.2, 0.25) is 10.0 Å². The van der Waals surface area contributed by atoms with Crippen molar-refractivity contribution in [2.75, 3.05) is 19.8 Å². The van der Waals surface area contributed by atoms with Gasteiger partial charge < -0.3 is 19.5 Å².